The highest BCUT2D eigenvalue weighted by atomic mass is 35.5. The fourth-order valence-electron chi connectivity index (χ4n) is 2.33. The van der Waals surface area contributed by atoms with Crippen molar-refractivity contribution in [1.82, 2.24) is 4.98 Å². The highest BCUT2D eigenvalue weighted by molar-refractivity contribution is 6.33. The topological polar surface area (TPSA) is 90.7 Å². The van der Waals surface area contributed by atoms with Gasteiger partial charge in [-0.2, -0.15) is 0 Å². The number of benzene rings is 2. The van der Waals surface area contributed by atoms with E-state index in [1.54, 1.807) is 18.2 Å². The fraction of sp³-hybridized carbons (Fsp3) is 0.105. The monoisotopic (exact) mass is 386 g/mol. The van der Waals surface area contributed by atoms with E-state index in [1.807, 2.05) is 24.3 Å². The number of methoxy groups -OCH3 is 2. The predicted molar refractivity (Wildman–Crippen MR) is 100 cm³/mol. The zero-order valence-electron chi connectivity index (χ0n) is 14.5. The molecule has 0 spiro atoms. The van der Waals surface area contributed by atoms with Crippen LogP contribution in [0, 0.1) is 0 Å². The summed E-state index contributed by atoms with van der Waals surface area (Å²) in [6.07, 6.45) is 0.980. The summed E-state index contributed by atoms with van der Waals surface area (Å²) in [5.41, 5.74) is 2.26. The van der Waals surface area contributed by atoms with E-state index in [4.69, 9.17) is 16.0 Å². The lowest BCUT2D eigenvalue weighted by molar-refractivity contribution is -0.138. The standard InChI is InChI=1S/C19H15ClN2O5/c1-25-17(23)10-15(19(24)26-2)21-14-9-11(7-8-12(14)20)18-22-13-5-3-4-6-16(13)27-18/h3-10,21H,1-2H3/b15-10+. The molecule has 0 aliphatic heterocycles. The molecule has 0 saturated heterocycles. The van der Waals surface area contributed by atoms with Crippen LogP contribution in [-0.2, 0) is 19.1 Å². The third-order valence-electron chi connectivity index (χ3n) is 3.65. The molecule has 0 unspecified atom stereocenters. The maximum atomic E-state index is 11.9. The van der Waals surface area contributed by atoms with Gasteiger partial charge in [0.25, 0.3) is 0 Å². The molecular formula is C19H15ClN2O5. The molecule has 0 aliphatic rings. The van der Waals surface area contributed by atoms with Gasteiger partial charge in [-0.1, -0.05) is 23.7 Å². The van der Waals surface area contributed by atoms with E-state index >= 15 is 0 Å². The summed E-state index contributed by atoms with van der Waals surface area (Å²) in [4.78, 5) is 27.8. The summed E-state index contributed by atoms with van der Waals surface area (Å²) in [6.45, 7) is 0. The van der Waals surface area contributed by atoms with Crippen molar-refractivity contribution in [1.29, 1.82) is 0 Å². The zero-order valence-corrected chi connectivity index (χ0v) is 15.2. The molecule has 138 valence electrons. The predicted octanol–water partition coefficient (Wildman–Crippen LogP) is 3.79. The molecule has 1 aromatic heterocycles. The van der Waals surface area contributed by atoms with Gasteiger partial charge in [0.05, 0.1) is 31.0 Å². The average Bonchev–Trinajstić information content (AvgIpc) is 3.12. The Morgan fingerprint density at radius 2 is 1.93 bits per heavy atom. The number of carbonyl (C=O) groups excluding carboxylic acids is 2. The Morgan fingerprint density at radius 3 is 2.63 bits per heavy atom. The quantitative estimate of drug-likeness (QED) is 0.527. The van der Waals surface area contributed by atoms with Gasteiger partial charge in [-0.05, 0) is 30.3 Å². The van der Waals surface area contributed by atoms with Gasteiger partial charge in [-0.25, -0.2) is 14.6 Å². The number of fused-ring (bicyclic) bond motifs is 1. The number of oxazole rings is 1. The molecule has 0 amide bonds. The van der Waals surface area contributed by atoms with Gasteiger partial charge in [-0.15, -0.1) is 0 Å². The summed E-state index contributed by atoms with van der Waals surface area (Å²) in [5, 5.41) is 3.12. The smallest absolute Gasteiger partial charge is 0.354 e. The second-order valence-electron chi connectivity index (χ2n) is 5.38. The minimum absolute atomic E-state index is 0.124. The Hall–Kier alpha value is -3.32. The minimum atomic E-state index is -0.747. The molecule has 7 nitrogen and oxygen atoms in total. The summed E-state index contributed by atoms with van der Waals surface area (Å²) in [7, 11) is 2.40. The number of esters is 2. The summed E-state index contributed by atoms with van der Waals surface area (Å²) in [5.74, 6) is -1.06. The van der Waals surface area contributed by atoms with Crippen LogP contribution in [0.4, 0.5) is 5.69 Å². The number of ether oxygens (including phenoxy) is 2. The van der Waals surface area contributed by atoms with E-state index in [1.165, 1.54) is 14.2 Å². The van der Waals surface area contributed by atoms with E-state index in [-0.39, 0.29) is 5.70 Å². The zero-order chi connectivity index (χ0) is 19.4. The van der Waals surface area contributed by atoms with Gasteiger partial charge in [-0.3, -0.25) is 0 Å². The van der Waals surface area contributed by atoms with Crippen LogP contribution in [0.3, 0.4) is 0 Å². The van der Waals surface area contributed by atoms with Crippen molar-refractivity contribution in [3.8, 4) is 11.5 Å². The minimum Gasteiger partial charge on any atom is -0.466 e. The molecule has 0 radical (unpaired) electrons. The highest BCUT2D eigenvalue weighted by Gasteiger charge is 2.16. The molecule has 0 saturated carbocycles. The van der Waals surface area contributed by atoms with Crippen LogP contribution in [-0.4, -0.2) is 31.1 Å². The number of hydrogen-bond donors (Lipinski definition) is 1. The summed E-state index contributed by atoms with van der Waals surface area (Å²) in [6, 6.07) is 12.4. The Morgan fingerprint density at radius 1 is 1.15 bits per heavy atom. The number of nitrogens with one attached hydrogen (secondary N) is 1. The third-order valence-corrected chi connectivity index (χ3v) is 3.97. The Balaban J connectivity index is 1.98. The number of hydrogen-bond acceptors (Lipinski definition) is 7. The van der Waals surface area contributed by atoms with E-state index in [0.717, 1.165) is 11.6 Å². The van der Waals surface area contributed by atoms with E-state index in [9.17, 15) is 9.59 Å². The number of carbonyl (C=O) groups is 2. The molecule has 0 atom stereocenters. The first kappa shape index (κ1) is 18.5. The maximum absolute atomic E-state index is 11.9. The first-order valence-corrected chi connectivity index (χ1v) is 8.20. The van der Waals surface area contributed by atoms with Crippen molar-refractivity contribution in [2.24, 2.45) is 0 Å². The lowest BCUT2D eigenvalue weighted by Gasteiger charge is -2.11. The molecule has 3 rings (SSSR count). The lowest BCUT2D eigenvalue weighted by Crippen LogP contribution is -2.15. The highest BCUT2D eigenvalue weighted by Crippen LogP contribution is 2.31. The Bertz CT molecular complexity index is 1010. The third kappa shape index (κ3) is 4.09. The van der Waals surface area contributed by atoms with E-state index in [0.29, 0.717) is 27.7 Å². The SMILES string of the molecule is COC(=O)/C=C(/Nc1cc(-c2nc3ccccc3o2)ccc1Cl)C(=O)OC. The normalized spacial score (nSPS) is 11.3. The van der Waals surface area contributed by atoms with Crippen molar-refractivity contribution in [2.45, 2.75) is 0 Å². The first-order chi connectivity index (χ1) is 13.0. The Kier molecular flexibility index (Phi) is 5.42. The van der Waals surface area contributed by atoms with Crippen LogP contribution in [0.2, 0.25) is 5.02 Å². The van der Waals surface area contributed by atoms with Gasteiger partial charge in [0, 0.05) is 5.56 Å². The number of aromatic nitrogens is 1. The summed E-state index contributed by atoms with van der Waals surface area (Å²) >= 11 is 6.22. The second-order valence-corrected chi connectivity index (χ2v) is 5.79. The molecule has 27 heavy (non-hydrogen) atoms. The van der Waals surface area contributed by atoms with Crippen LogP contribution >= 0.6 is 11.6 Å². The first-order valence-electron chi connectivity index (χ1n) is 7.82. The Labute approximate surface area is 159 Å². The van der Waals surface area contributed by atoms with Crippen molar-refractivity contribution in [3.63, 3.8) is 0 Å². The van der Waals surface area contributed by atoms with E-state index < -0.39 is 11.9 Å². The number of halogens is 1. The molecule has 0 fully saturated rings. The molecule has 8 heteroatoms. The van der Waals surface area contributed by atoms with Crippen LogP contribution in [0.1, 0.15) is 0 Å². The van der Waals surface area contributed by atoms with Crippen LogP contribution in [0.25, 0.3) is 22.6 Å². The average molecular weight is 387 g/mol. The van der Waals surface area contributed by atoms with E-state index in [2.05, 4.69) is 19.8 Å². The lowest BCUT2D eigenvalue weighted by atomic mass is 10.2. The summed E-state index contributed by atoms with van der Waals surface area (Å²) < 4.78 is 15.0. The van der Waals surface area contributed by atoms with Crippen LogP contribution < -0.4 is 5.32 Å². The van der Waals surface area contributed by atoms with Crippen LogP contribution in [0.5, 0.6) is 0 Å². The number of nitrogens with zero attached hydrogens (tertiary/aromatic N) is 1. The molecule has 1 heterocycles. The number of para-hydroxylation sites is 2. The maximum Gasteiger partial charge on any atom is 0.354 e. The van der Waals surface area contributed by atoms with Crippen molar-refractivity contribution in [3.05, 3.63) is 59.3 Å². The molecule has 2 aromatic carbocycles. The van der Waals surface area contributed by atoms with Gasteiger partial charge in [0.1, 0.15) is 11.2 Å². The molecule has 0 bridgehead atoms. The van der Waals surface area contributed by atoms with Crippen molar-refractivity contribution < 1.29 is 23.5 Å². The molecular weight excluding hydrogens is 372 g/mol. The second kappa shape index (κ2) is 7.92. The largest absolute Gasteiger partial charge is 0.466 e. The van der Waals surface area contributed by atoms with Gasteiger partial charge in [0.2, 0.25) is 5.89 Å². The van der Waals surface area contributed by atoms with Crippen molar-refractivity contribution in [2.75, 3.05) is 19.5 Å². The number of anilines is 1. The van der Waals surface area contributed by atoms with Crippen molar-refractivity contribution >= 4 is 40.3 Å². The van der Waals surface area contributed by atoms with Gasteiger partial charge >= 0.3 is 11.9 Å². The fourth-order valence-corrected chi connectivity index (χ4v) is 2.49. The molecule has 1 N–H and O–H groups in total. The molecule has 3 aromatic rings. The van der Waals surface area contributed by atoms with Crippen LogP contribution in [0.15, 0.2) is 58.7 Å². The number of rotatable bonds is 5. The molecule has 0 aliphatic carbocycles. The van der Waals surface area contributed by atoms with Gasteiger partial charge in [0.15, 0.2) is 5.58 Å². The van der Waals surface area contributed by atoms with Gasteiger partial charge < -0.3 is 19.2 Å².